The van der Waals surface area contributed by atoms with E-state index in [-0.39, 0.29) is 24.5 Å². The van der Waals surface area contributed by atoms with Crippen LogP contribution in [0.1, 0.15) is 75.3 Å². The maximum Gasteiger partial charge on any atom is 0.319 e. The zero-order chi connectivity index (χ0) is 32.4. The van der Waals surface area contributed by atoms with Crippen LogP contribution in [0.2, 0.25) is 0 Å². The first-order valence-corrected chi connectivity index (χ1v) is 16.7. The fourth-order valence-corrected chi connectivity index (χ4v) is 5.29. The minimum absolute atomic E-state index is 0. The lowest BCUT2D eigenvalue weighted by molar-refractivity contribution is 0.181. The number of nitrogens with zero attached hydrogens (tertiary/aromatic N) is 2. The van der Waals surface area contributed by atoms with Crippen molar-refractivity contribution in [2.75, 3.05) is 49.9 Å². The molecule has 0 spiro atoms. The zero-order valence-corrected chi connectivity index (χ0v) is 27.9. The molecule has 13 heteroatoms. The molecule has 2 aliphatic heterocycles. The van der Waals surface area contributed by atoms with E-state index < -0.39 is 12.2 Å². The van der Waals surface area contributed by atoms with Gasteiger partial charge in [0.2, 0.25) is 0 Å². The molecule has 0 bridgehead atoms. The fraction of sp³-hybridized carbons (Fsp3) is 0.529. The summed E-state index contributed by atoms with van der Waals surface area (Å²) in [7, 11) is 0. The SMILES string of the molecule is Cl.O=C(NCCCCCCCCCCCCNC(=O)Nc1ccc(C2=NCC(O)CN2)cc1)Nc1ccc(C2=NCC(O)CN2)cc1. The minimum atomic E-state index is -0.441. The van der Waals surface area contributed by atoms with Gasteiger partial charge in [0.25, 0.3) is 0 Å². The van der Waals surface area contributed by atoms with Gasteiger partial charge in [-0.25, -0.2) is 9.59 Å². The first-order chi connectivity index (χ1) is 22.5. The second-order valence-corrected chi connectivity index (χ2v) is 11.9. The topological polar surface area (TPSA) is 172 Å². The van der Waals surface area contributed by atoms with Crippen LogP contribution in [-0.2, 0) is 0 Å². The standard InChI is InChI=1S/C34H50N8O4.ClH/c43-29-21-37-31(38-22-29)25-11-15-27(16-12-25)41-33(45)35-19-9-7-5-3-1-2-4-6-8-10-20-36-34(46)42-28-17-13-26(14-18-28)32-39-23-30(44)24-40-32;/h11-18,29-30,43-44H,1-10,19-24H2,(H,37,38)(H,39,40)(H2,35,41,45)(H2,36,42,46);1H. The second kappa shape index (κ2) is 21.1. The molecule has 2 aromatic rings. The average molecular weight is 671 g/mol. The zero-order valence-electron chi connectivity index (χ0n) is 27.1. The van der Waals surface area contributed by atoms with Gasteiger partial charge in [0.15, 0.2) is 0 Å². The summed E-state index contributed by atoms with van der Waals surface area (Å²) in [6, 6.07) is 14.6. The van der Waals surface area contributed by atoms with Gasteiger partial charge in [0.1, 0.15) is 11.7 Å². The lowest BCUT2D eigenvalue weighted by atomic mass is 10.1. The van der Waals surface area contributed by atoms with Crippen LogP contribution in [-0.4, -0.2) is 85.4 Å². The van der Waals surface area contributed by atoms with E-state index in [9.17, 15) is 19.8 Å². The number of nitrogens with one attached hydrogen (secondary N) is 6. The molecule has 0 aromatic heterocycles. The molecular weight excluding hydrogens is 620 g/mol. The number of hydrogen-bond donors (Lipinski definition) is 8. The van der Waals surface area contributed by atoms with E-state index in [4.69, 9.17) is 0 Å². The normalized spacial score (nSPS) is 17.1. The van der Waals surface area contributed by atoms with Gasteiger partial charge in [-0.3, -0.25) is 9.98 Å². The first kappa shape index (κ1) is 37.6. The summed E-state index contributed by atoms with van der Waals surface area (Å²) in [5.74, 6) is 1.53. The van der Waals surface area contributed by atoms with Crippen molar-refractivity contribution in [3.05, 3.63) is 59.7 Å². The predicted molar refractivity (Wildman–Crippen MR) is 191 cm³/mol. The highest BCUT2D eigenvalue weighted by Crippen LogP contribution is 2.13. The maximum atomic E-state index is 12.2. The van der Waals surface area contributed by atoms with Crippen LogP contribution in [0.3, 0.4) is 0 Å². The molecule has 0 radical (unpaired) electrons. The van der Waals surface area contributed by atoms with Crippen molar-refractivity contribution in [2.45, 2.75) is 76.4 Å². The van der Waals surface area contributed by atoms with Gasteiger partial charge in [-0.1, -0.05) is 51.4 Å². The molecule has 0 fully saturated rings. The number of benzene rings is 2. The van der Waals surface area contributed by atoms with Crippen molar-refractivity contribution < 1.29 is 19.8 Å². The Balaban J connectivity index is 0.00000600. The van der Waals surface area contributed by atoms with Crippen LogP contribution in [0.5, 0.6) is 0 Å². The van der Waals surface area contributed by atoms with Gasteiger partial charge in [0.05, 0.1) is 25.3 Å². The number of amides is 4. The summed E-state index contributed by atoms with van der Waals surface area (Å²) in [5, 5.41) is 36.9. The summed E-state index contributed by atoms with van der Waals surface area (Å²) in [6.07, 6.45) is 10.5. The average Bonchev–Trinajstić information content (AvgIpc) is 3.06. The molecule has 12 nitrogen and oxygen atoms in total. The quantitative estimate of drug-likeness (QED) is 0.116. The van der Waals surface area contributed by atoms with Crippen molar-refractivity contribution in [3.8, 4) is 0 Å². The van der Waals surface area contributed by atoms with Gasteiger partial charge >= 0.3 is 12.1 Å². The molecule has 258 valence electrons. The van der Waals surface area contributed by atoms with Crippen molar-refractivity contribution in [2.24, 2.45) is 9.98 Å². The Morgan fingerprint density at radius 3 is 1.26 bits per heavy atom. The number of halogens is 1. The molecule has 2 heterocycles. The van der Waals surface area contributed by atoms with Gasteiger partial charge in [-0.2, -0.15) is 0 Å². The van der Waals surface area contributed by atoms with E-state index >= 15 is 0 Å². The Hall–Kier alpha value is -3.87. The number of hydrogen-bond acceptors (Lipinski definition) is 8. The Bertz CT molecular complexity index is 1190. The number of aliphatic imine (C=N–C) groups is 2. The van der Waals surface area contributed by atoms with Crippen LogP contribution in [0, 0.1) is 0 Å². The number of unbranched alkanes of at least 4 members (excludes halogenated alkanes) is 9. The monoisotopic (exact) mass is 670 g/mol. The second-order valence-electron chi connectivity index (χ2n) is 11.9. The lowest BCUT2D eigenvalue weighted by Gasteiger charge is -2.19. The Morgan fingerprint density at radius 2 is 0.936 bits per heavy atom. The number of amidine groups is 2. The van der Waals surface area contributed by atoms with Crippen LogP contribution in [0.15, 0.2) is 58.5 Å². The van der Waals surface area contributed by atoms with Gasteiger partial charge in [0, 0.05) is 48.7 Å². The number of carbonyl (C=O) groups excluding carboxylic acids is 2. The molecule has 47 heavy (non-hydrogen) atoms. The molecule has 4 amide bonds. The molecule has 0 aliphatic carbocycles. The minimum Gasteiger partial charge on any atom is -0.389 e. The van der Waals surface area contributed by atoms with Crippen molar-refractivity contribution in [1.29, 1.82) is 0 Å². The third-order valence-electron chi connectivity index (χ3n) is 7.94. The summed E-state index contributed by atoms with van der Waals surface area (Å²) in [4.78, 5) is 33.0. The van der Waals surface area contributed by atoms with Crippen molar-refractivity contribution in [1.82, 2.24) is 21.3 Å². The Morgan fingerprint density at radius 1 is 0.596 bits per heavy atom. The molecule has 4 rings (SSSR count). The van der Waals surface area contributed by atoms with Crippen molar-refractivity contribution in [3.63, 3.8) is 0 Å². The van der Waals surface area contributed by atoms with Gasteiger partial charge in [-0.15, -0.1) is 12.4 Å². The molecule has 2 aromatic carbocycles. The van der Waals surface area contributed by atoms with E-state index in [0.717, 1.165) is 59.9 Å². The molecule has 0 saturated carbocycles. The Labute approximate surface area is 284 Å². The fourth-order valence-electron chi connectivity index (χ4n) is 5.29. The summed E-state index contributed by atoms with van der Waals surface area (Å²) >= 11 is 0. The summed E-state index contributed by atoms with van der Waals surface area (Å²) in [6.45, 7) is 3.10. The highest BCUT2D eigenvalue weighted by atomic mass is 35.5. The number of aliphatic hydroxyl groups is 2. The third-order valence-corrected chi connectivity index (χ3v) is 7.94. The van der Waals surface area contributed by atoms with Crippen LogP contribution < -0.4 is 31.9 Å². The van der Waals surface area contributed by atoms with Crippen LogP contribution in [0.4, 0.5) is 21.0 Å². The van der Waals surface area contributed by atoms with E-state index in [1.807, 2.05) is 48.5 Å². The summed E-state index contributed by atoms with van der Waals surface area (Å²) < 4.78 is 0. The van der Waals surface area contributed by atoms with Crippen LogP contribution in [0.25, 0.3) is 0 Å². The first-order valence-electron chi connectivity index (χ1n) is 16.7. The van der Waals surface area contributed by atoms with E-state index in [1.54, 1.807) is 0 Å². The van der Waals surface area contributed by atoms with E-state index in [2.05, 4.69) is 41.9 Å². The number of carbonyl (C=O) groups is 2. The highest BCUT2D eigenvalue weighted by molar-refractivity contribution is 6.00. The number of anilines is 2. The van der Waals surface area contributed by atoms with Crippen LogP contribution >= 0.6 is 12.4 Å². The number of rotatable bonds is 17. The third kappa shape index (κ3) is 14.2. The largest absolute Gasteiger partial charge is 0.389 e. The van der Waals surface area contributed by atoms with Gasteiger partial charge in [-0.05, 0) is 61.4 Å². The van der Waals surface area contributed by atoms with Crippen molar-refractivity contribution >= 4 is 47.5 Å². The number of aliphatic hydroxyl groups excluding tert-OH is 2. The molecule has 0 saturated heterocycles. The Kier molecular flexibility index (Phi) is 16.9. The lowest BCUT2D eigenvalue weighted by Crippen LogP contribution is -2.39. The molecular formula is C34H51ClN8O4. The number of urea groups is 2. The van der Waals surface area contributed by atoms with Gasteiger partial charge < -0.3 is 42.1 Å². The summed E-state index contributed by atoms with van der Waals surface area (Å²) in [5.41, 5.74) is 3.31. The number of β-amino-alcohol motifs (C(OH)–C–C–N with tert-alkyl or cyclic N) is 2. The van der Waals surface area contributed by atoms with E-state index in [0.29, 0.717) is 39.3 Å². The molecule has 2 atom stereocenters. The highest BCUT2D eigenvalue weighted by Gasteiger charge is 2.14. The molecule has 2 aliphatic rings. The molecule has 8 N–H and O–H groups in total. The maximum absolute atomic E-state index is 12.2. The molecule has 2 unspecified atom stereocenters. The predicted octanol–water partition coefficient (Wildman–Crippen LogP) is 4.37. The smallest absolute Gasteiger partial charge is 0.319 e. The van der Waals surface area contributed by atoms with E-state index in [1.165, 1.54) is 38.5 Å².